The summed E-state index contributed by atoms with van der Waals surface area (Å²) >= 11 is 14.4. The molecule has 3 N–H and O–H groups in total. The van der Waals surface area contributed by atoms with Crippen LogP contribution in [0, 0.1) is 5.92 Å². The van der Waals surface area contributed by atoms with Crippen LogP contribution in [0.4, 0.5) is 0 Å². The second-order valence-electron chi connectivity index (χ2n) is 14.1. The van der Waals surface area contributed by atoms with E-state index in [2.05, 4.69) is 10.2 Å². The van der Waals surface area contributed by atoms with Gasteiger partial charge in [-0.25, -0.2) is 9.59 Å². The van der Waals surface area contributed by atoms with E-state index in [1.54, 1.807) is 7.11 Å². The Balaban J connectivity index is 1.21. The molecule has 0 amide bonds. The van der Waals surface area contributed by atoms with Gasteiger partial charge in [0.25, 0.3) is 0 Å². The van der Waals surface area contributed by atoms with Gasteiger partial charge in [0, 0.05) is 34.2 Å². The number of carboxylic acid groups (broad SMARTS) is 1. The lowest BCUT2D eigenvalue weighted by molar-refractivity contribution is -0.904. The van der Waals surface area contributed by atoms with Gasteiger partial charge in [-0.2, -0.15) is 0 Å². The maximum absolute atomic E-state index is 13.8. The summed E-state index contributed by atoms with van der Waals surface area (Å²) in [6.07, 6.45) is 9.01. The van der Waals surface area contributed by atoms with Crippen LogP contribution in [0.2, 0.25) is 10.0 Å². The molecule has 2 unspecified atom stereocenters. The van der Waals surface area contributed by atoms with Crippen LogP contribution >= 0.6 is 34.5 Å². The van der Waals surface area contributed by atoms with Gasteiger partial charge in [-0.3, -0.25) is 15.4 Å². The summed E-state index contributed by atoms with van der Waals surface area (Å²) in [4.78, 5) is 30.0. The van der Waals surface area contributed by atoms with Crippen molar-refractivity contribution in [2.45, 2.75) is 75.7 Å². The lowest BCUT2D eigenvalue weighted by Crippen LogP contribution is -2.52. The number of hydrogen-bond acceptors (Lipinski definition) is 9. The molecular formula is C40H44Cl2N3O7S+. The predicted molar refractivity (Wildman–Crippen MR) is 202 cm³/mol. The van der Waals surface area contributed by atoms with E-state index in [4.69, 9.17) is 37.4 Å². The third kappa shape index (κ3) is 8.60. The zero-order valence-corrected chi connectivity index (χ0v) is 31.8. The van der Waals surface area contributed by atoms with Crippen molar-refractivity contribution in [1.82, 2.24) is 10.2 Å². The molecule has 2 aromatic carbocycles. The van der Waals surface area contributed by atoms with Crippen molar-refractivity contribution in [2.75, 3.05) is 26.7 Å². The quantitative estimate of drug-likeness (QED) is 0.0681. The minimum atomic E-state index is -1.07. The SMILES string of the molecule is COc1ccc(C(Cc2c(Cl)c[n+](O)cc2Cl)c2cc(CNC(C(=O)O[C@H]3CN4CCC3CC4)c3ccccc3)sc2C(=O)O)cc1OC1CCCC1. The molecule has 0 radical (unpaired) electrons. The van der Waals surface area contributed by atoms with Gasteiger partial charge >= 0.3 is 11.9 Å². The highest BCUT2D eigenvalue weighted by Gasteiger charge is 2.38. The normalized spacial score (nSPS) is 20.9. The van der Waals surface area contributed by atoms with Gasteiger partial charge in [-0.15, -0.1) is 11.3 Å². The molecule has 2 bridgehead atoms. The van der Waals surface area contributed by atoms with Crippen molar-refractivity contribution in [2.24, 2.45) is 5.92 Å². The minimum absolute atomic E-state index is 0.0686. The van der Waals surface area contributed by atoms with Crippen molar-refractivity contribution in [3.63, 3.8) is 0 Å². The third-order valence-corrected chi connectivity index (χ3v) is 12.5. The van der Waals surface area contributed by atoms with Gasteiger partial charge < -0.3 is 19.3 Å². The standard InChI is InChI=1S/C40H43Cl2N3O7S/c1-50-34-12-11-26(17-35(34)51-27-9-5-6-10-27)29(19-31-32(41)21-45(49)22-33(31)42)30-18-28(53-38(30)39(46)47)20-43-37(25-7-3-2-4-8-25)40(48)52-36-23-44-15-13-24(36)14-16-44/h2-4,7-8,11-12,17-18,21-22,24,27,29,36-37,43H,5-6,9-10,13-16,19-20,23H2,1H3,(H-,46,47,49)/p+1/t29?,36-,37?/m0/s1. The van der Waals surface area contributed by atoms with Crippen LogP contribution in [0.5, 0.6) is 11.5 Å². The summed E-state index contributed by atoms with van der Waals surface area (Å²) in [5.74, 6) is -0.406. The number of pyridine rings is 1. The van der Waals surface area contributed by atoms with Crippen molar-refractivity contribution in [1.29, 1.82) is 0 Å². The molecule has 5 heterocycles. The first-order valence-corrected chi connectivity index (χ1v) is 19.7. The van der Waals surface area contributed by atoms with E-state index in [1.807, 2.05) is 54.6 Å². The first kappa shape index (κ1) is 37.4. The van der Waals surface area contributed by atoms with Crippen LogP contribution in [0.1, 0.15) is 87.3 Å². The van der Waals surface area contributed by atoms with E-state index in [-0.39, 0.29) is 46.1 Å². The Morgan fingerprint density at radius 2 is 1.70 bits per heavy atom. The molecular weight excluding hydrogens is 737 g/mol. The maximum Gasteiger partial charge on any atom is 0.346 e. The first-order valence-electron chi connectivity index (χ1n) is 18.2. The van der Waals surface area contributed by atoms with E-state index >= 15 is 0 Å². The van der Waals surface area contributed by atoms with E-state index in [9.17, 15) is 19.9 Å². The molecule has 3 aliphatic heterocycles. The van der Waals surface area contributed by atoms with Crippen LogP contribution in [0.25, 0.3) is 0 Å². The minimum Gasteiger partial charge on any atom is -0.493 e. The highest BCUT2D eigenvalue weighted by atomic mass is 35.5. The van der Waals surface area contributed by atoms with Gasteiger partial charge in [-0.1, -0.05) is 59.6 Å². The average molecular weight is 782 g/mol. The van der Waals surface area contributed by atoms with E-state index < -0.39 is 17.9 Å². The van der Waals surface area contributed by atoms with Crippen LogP contribution in [0.15, 0.2) is 67.0 Å². The summed E-state index contributed by atoms with van der Waals surface area (Å²) < 4.78 is 19.1. The fourth-order valence-electron chi connectivity index (χ4n) is 7.95. The molecule has 3 saturated heterocycles. The number of ether oxygens (including phenoxy) is 3. The van der Waals surface area contributed by atoms with Crippen molar-refractivity contribution < 1.29 is 38.8 Å². The number of rotatable bonds is 14. The molecule has 3 atom stereocenters. The number of benzene rings is 2. The van der Waals surface area contributed by atoms with Gasteiger partial charge in [0.1, 0.15) is 27.1 Å². The number of fused-ring (bicyclic) bond motifs is 3. The summed E-state index contributed by atoms with van der Waals surface area (Å²) in [6, 6.07) is 16.3. The highest BCUT2D eigenvalue weighted by Crippen LogP contribution is 2.42. The van der Waals surface area contributed by atoms with Crippen molar-refractivity contribution in [3.8, 4) is 11.5 Å². The Morgan fingerprint density at radius 3 is 2.34 bits per heavy atom. The van der Waals surface area contributed by atoms with Crippen molar-refractivity contribution >= 4 is 46.5 Å². The monoisotopic (exact) mass is 780 g/mol. The van der Waals surface area contributed by atoms with Crippen molar-refractivity contribution in [3.05, 3.63) is 109 Å². The number of hydrogen-bond donors (Lipinski definition) is 3. The number of thiophene rings is 1. The lowest BCUT2D eigenvalue weighted by Gasteiger charge is -2.44. The molecule has 1 saturated carbocycles. The highest BCUT2D eigenvalue weighted by molar-refractivity contribution is 7.14. The Hall–Kier alpha value is -3.87. The molecule has 2 aromatic heterocycles. The molecule has 4 aromatic rings. The van der Waals surface area contributed by atoms with Crippen LogP contribution in [-0.2, 0) is 22.5 Å². The zero-order chi connectivity index (χ0) is 37.1. The fourth-order valence-corrected chi connectivity index (χ4v) is 9.57. The molecule has 13 heteroatoms. The second kappa shape index (κ2) is 16.7. The summed E-state index contributed by atoms with van der Waals surface area (Å²) in [5.41, 5.74) is 2.68. The van der Waals surface area contributed by atoms with E-state index in [1.165, 1.54) is 12.4 Å². The molecule has 10 nitrogen and oxygen atoms in total. The Bertz CT molecular complexity index is 1910. The number of carbonyl (C=O) groups is 2. The number of nitrogens with zero attached hydrogens (tertiary/aromatic N) is 2. The van der Waals surface area contributed by atoms with Crippen LogP contribution < -0.4 is 19.5 Å². The molecule has 4 aliphatic rings. The first-order chi connectivity index (χ1) is 25.7. The average Bonchev–Trinajstić information content (AvgIpc) is 3.83. The fraction of sp³-hybridized carbons (Fsp3) is 0.425. The number of aromatic nitrogens is 1. The van der Waals surface area contributed by atoms with Gasteiger partial charge in [0.05, 0.1) is 13.2 Å². The Morgan fingerprint density at radius 1 is 0.981 bits per heavy atom. The molecule has 8 rings (SSSR count). The Labute approximate surface area is 323 Å². The number of methoxy groups -OCH3 is 1. The smallest absolute Gasteiger partial charge is 0.346 e. The summed E-state index contributed by atoms with van der Waals surface area (Å²) in [6.45, 7) is 3.06. The molecule has 1 aliphatic carbocycles. The summed E-state index contributed by atoms with van der Waals surface area (Å²) in [5, 5.41) is 24.5. The van der Waals surface area contributed by atoms with E-state index in [0.29, 0.717) is 28.5 Å². The number of esters is 1. The number of nitrogens with one attached hydrogen (secondary N) is 1. The Kier molecular flexibility index (Phi) is 11.8. The maximum atomic E-state index is 13.8. The lowest BCUT2D eigenvalue weighted by atomic mass is 9.85. The van der Waals surface area contributed by atoms with Gasteiger partial charge in [-0.05, 0) is 98.8 Å². The van der Waals surface area contributed by atoms with Gasteiger partial charge in [0.15, 0.2) is 11.5 Å². The molecule has 53 heavy (non-hydrogen) atoms. The molecule has 4 fully saturated rings. The van der Waals surface area contributed by atoms with Crippen LogP contribution in [0.3, 0.4) is 0 Å². The summed E-state index contributed by atoms with van der Waals surface area (Å²) in [7, 11) is 1.60. The number of piperidine rings is 3. The predicted octanol–water partition coefficient (Wildman–Crippen LogP) is 7.45. The third-order valence-electron chi connectivity index (χ3n) is 10.8. The topological polar surface area (TPSA) is 121 Å². The zero-order valence-electron chi connectivity index (χ0n) is 29.5. The second-order valence-corrected chi connectivity index (χ2v) is 16.1. The molecule has 280 valence electrons. The molecule has 0 spiro atoms. The van der Waals surface area contributed by atoms with E-state index in [0.717, 1.165) is 90.2 Å². The van der Waals surface area contributed by atoms with Crippen LogP contribution in [-0.4, -0.2) is 66.1 Å². The number of halogens is 2. The number of carbonyl (C=O) groups excluding carboxylic acids is 1. The largest absolute Gasteiger partial charge is 0.493 e. The van der Waals surface area contributed by atoms with Gasteiger partial charge in [0.2, 0.25) is 12.4 Å². The number of aromatic carboxylic acids is 1. The number of carboxylic acids is 1.